The standard InChI is InChI=1S/C23H24BrClFNO3/c1-13-18-16(12-15(26)20(25)19(18)24)29-23(13,14-8-6-5-7-9-14)17-10-11-27(17)21(28)30-22(2,3)4/h5-9,12-13,17H,10-11H2,1-4H3/t13-,17?,23-/m0/s1. The zero-order chi connectivity index (χ0) is 21.8. The Bertz CT molecular complexity index is 994. The Kier molecular flexibility index (Phi) is 5.30. The summed E-state index contributed by atoms with van der Waals surface area (Å²) in [5, 5.41) is 0.0330. The van der Waals surface area contributed by atoms with Gasteiger partial charge in [-0.15, -0.1) is 0 Å². The first-order chi connectivity index (χ1) is 14.1. The summed E-state index contributed by atoms with van der Waals surface area (Å²) in [5.74, 6) is -0.287. The molecule has 7 heteroatoms. The Morgan fingerprint density at radius 1 is 1.33 bits per heavy atom. The minimum absolute atomic E-state index is 0.0330. The van der Waals surface area contributed by atoms with E-state index >= 15 is 0 Å². The number of amides is 1. The Morgan fingerprint density at radius 3 is 2.57 bits per heavy atom. The summed E-state index contributed by atoms with van der Waals surface area (Å²) in [6, 6.07) is 10.9. The van der Waals surface area contributed by atoms with Crippen molar-refractivity contribution in [2.45, 2.75) is 57.3 Å². The summed E-state index contributed by atoms with van der Waals surface area (Å²) < 4.78 is 27.0. The Hall–Kier alpha value is -1.79. The molecule has 0 aliphatic carbocycles. The second-order valence-corrected chi connectivity index (χ2v) is 10.0. The zero-order valence-corrected chi connectivity index (χ0v) is 19.7. The highest BCUT2D eigenvalue weighted by Crippen LogP contribution is 2.58. The van der Waals surface area contributed by atoms with Gasteiger partial charge in [0.05, 0.1) is 11.1 Å². The van der Waals surface area contributed by atoms with E-state index < -0.39 is 17.0 Å². The van der Waals surface area contributed by atoms with Crippen LogP contribution in [0.4, 0.5) is 9.18 Å². The van der Waals surface area contributed by atoms with Gasteiger partial charge >= 0.3 is 6.09 Å². The number of benzene rings is 2. The molecule has 160 valence electrons. The van der Waals surface area contributed by atoms with Gasteiger partial charge in [-0.3, -0.25) is 0 Å². The summed E-state index contributed by atoms with van der Waals surface area (Å²) in [7, 11) is 0. The second kappa shape index (κ2) is 7.41. The van der Waals surface area contributed by atoms with Crippen molar-refractivity contribution in [2.75, 3.05) is 6.54 Å². The number of hydrogen-bond acceptors (Lipinski definition) is 3. The molecule has 1 saturated heterocycles. The molecule has 0 N–H and O–H groups in total. The molecule has 0 aromatic heterocycles. The number of halogens is 3. The number of likely N-dealkylation sites (tertiary alicyclic amines) is 1. The highest BCUT2D eigenvalue weighted by atomic mass is 79.9. The molecular formula is C23H24BrClFNO3. The fraction of sp³-hybridized carbons (Fsp3) is 0.435. The average Bonchev–Trinajstić information content (AvgIpc) is 2.91. The summed E-state index contributed by atoms with van der Waals surface area (Å²) in [4.78, 5) is 14.6. The van der Waals surface area contributed by atoms with Gasteiger partial charge in [0.2, 0.25) is 0 Å². The molecule has 1 amide bonds. The van der Waals surface area contributed by atoms with E-state index in [1.165, 1.54) is 6.07 Å². The normalized spacial score (nSPS) is 25.4. The molecule has 1 unspecified atom stereocenters. The molecule has 4 rings (SSSR count). The van der Waals surface area contributed by atoms with E-state index in [4.69, 9.17) is 21.1 Å². The van der Waals surface area contributed by atoms with Crippen molar-refractivity contribution in [1.82, 2.24) is 4.90 Å². The first-order valence-corrected chi connectivity index (χ1v) is 11.1. The van der Waals surface area contributed by atoms with Crippen molar-refractivity contribution in [2.24, 2.45) is 0 Å². The van der Waals surface area contributed by atoms with Crippen molar-refractivity contribution in [3.63, 3.8) is 0 Å². The van der Waals surface area contributed by atoms with Crippen LogP contribution in [-0.4, -0.2) is 29.2 Å². The van der Waals surface area contributed by atoms with E-state index in [1.807, 2.05) is 58.0 Å². The van der Waals surface area contributed by atoms with Gasteiger partial charge < -0.3 is 14.4 Å². The maximum atomic E-state index is 14.4. The van der Waals surface area contributed by atoms with Crippen LogP contribution < -0.4 is 4.74 Å². The number of ether oxygens (including phenoxy) is 2. The molecule has 2 heterocycles. The van der Waals surface area contributed by atoms with Crippen molar-refractivity contribution < 1.29 is 18.7 Å². The van der Waals surface area contributed by atoms with Crippen LogP contribution in [0.3, 0.4) is 0 Å². The zero-order valence-electron chi connectivity index (χ0n) is 17.3. The number of carbonyl (C=O) groups excluding carboxylic acids is 1. The highest BCUT2D eigenvalue weighted by molar-refractivity contribution is 9.10. The number of hydrogen-bond donors (Lipinski definition) is 0. The van der Waals surface area contributed by atoms with E-state index in [1.54, 1.807) is 4.90 Å². The third-order valence-electron chi connectivity index (χ3n) is 5.88. The first-order valence-electron chi connectivity index (χ1n) is 9.98. The van der Waals surface area contributed by atoms with Gasteiger partial charge in [-0.05, 0) is 48.7 Å². The van der Waals surface area contributed by atoms with E-state index in [-0.39, 0.29) is 23.1 Å². The summed E-state index contributed by atoms with van der Waals surface area (Å²) in [5.41, 5.74) is 0.261. The molecular weight excluding hydrogens is 473 g/mol. The molecule has 2 aromatic rings. The van der Waals surface area contributed by atoms with Crippen molar-refractivity contribution in [1.29, 1.82) is 0 Å². The second-order valence-electron chi connectivity index (χ2n) is 8.86. The van der Waals surface area contributed by atoms with Gasteiger partial charge in [0.25, 0.3) is 0 Å². The van der Waals surface area contributed by atoms with Gasteiger partial charge in [-0.25, -0.2) is 9.18 Å². The molecule has 2 aromatic carbocycles. The molecule has 0 saturated carbocycles. The monoisotopic (exact) mass is 495 g/mol. The lowest BCUT2D eigenvalue weighted by atomic mass is 9.71. The maximum Gasteiger partial charge on any atom is 0.410 e. The van der Waals surface area contributed by atoms with Crippen LogP contribution in [0.1, 0.15) is 51.2 Å². The molecule has 2 aliphatic heterocycles. The van der Waals surface area contributed by atoms with E-state index in [9.17, 15) is 9.18 Å². The number of nitrogens with zero attached hydrogens (tertiary/aromatic N) is 1. The van der Waals surface area contributed by atoms with Crippen LogP contribution in [0.5, 0.6) is 5.75 Å². The van der Waals surface area contributed by atoms with Crippen LogP contribution in [0.15, 0.2) is 40.9 Å². The average molecular weight is 497 g/mol. The fourth-order valence-corrected chi connectivity index (χ4v) is 5.37. The SMILES string of the molecule is C[C@H]1c2c(cc(F)c(Cl)c2Br)O[C@@]1(c1ccccc1)C1CCN1C(=O)OC(C)(C)C. The van der Waals surface area contributed by atoms with E-state index in [0.717, 1.165) is 17.5 Å². The molecule has 30 heavy (non-hydrogen) atoms. The number of fused-ring (bicyclic) bond motifs is 1. The first kappa shape index (κ1) is 21.4. The molecule has 4 nitrogen and oxygen atoms in total. The Morgan fingerprint density at radius 2 is 2.00 bits per heavy atom. The smallest absolute Gasteiger partial charge is 0.410 e. The van der Waals surface area contributed by atoms with E-state index in [0.29, 0.717) is 16.8 Å². The largest absolute Gasteiger partial charge is 0.479 e. The van der Waals surface area contributed by atoms with Gasteiger partial charge in [0, 0.05) is 28.6 Å². The molecule has 0 bridgehead atoms. The third kappa shape index (κ3) is 3.28. The summed E-state index contributed by atoms with van der Waals surface area (Å²) in [6.45, 7) is 8.15. The quantitative estimate of drug-likeness (QED) is 0.437. The molecule has 2 aliphatic rings. The van der Waals surface area contributed by atoms with Crippen LogP contribution in [0.25, 0.3) is 0 Å². The Labute approximate surface area is 189 Å². The lowest BCUT2D eigenvalue weighted by Gasteiger charge is -2.51. The summed E-state index contributed by atoms with van der Waals surface area (Å²) >= 11 is 9.65. The van der Waals surface area contributed by atoms with Gasteiger partial charge in [-0.2, -0.15) is 0 Å². The van der Waals surface area contributed by atoms with Gasteiger partial charge in [0.15, 0.2) is 5.60 Å². The van der Waals surface area contributed by atoms with Crippen molar-refractivity contribution in [3.8, 4) is 5.75 Å². The van der Waals surface area contributed by atoms with Crippen molar-refractivity contribution in [3.05, 3.63) is 62.8 Å². The van der Waals surface area contributed by atoms with Crippen LogP contribution in [0.2, 0.25) is 5.02 Å². The lowest BCUT2D eigenvalue weighted by molar-refractivity contribution is -0.0839. The van der Waals surface area contributed by atoms with Crippen LogP contribution in [-0.2, 0) is 10.3 Å². The topological polar surface area (TPSA) is 38.8 Å². The number of rotatable bonds is 2. The predicted molar refractivity (Wildman–Crippen MR) is 118 cm³/mol. The van der Waals surface area contributed by atoms with Crippen molar-refractivity contribution >= 4 is 33.6 Å². The lowest BCUT2D eigenvalue weighted by Crippen LogP contribution is -2.64. The fourth-order valence-electron chi connectivity index (χ4n) is 4.49. The Balaban J connectivity index is 1.81. The minimum atomic E-state index is -0.877. The summed E-state index contributed by atoms with van der Waals surface area (Å²) in [6.07, 6.45) is 0.379. The molecule has 1 fully saturated rings. The van der Waals surface area contributed by atoms with Crippen LogP contribution in [0, 0.1) is 5.82 Å². The van der Waals surface area contributed by atoms with Crippen LogP contribution >= 0.6 is 27.5 Å². The maximum absolute atomic E-state index is 14.4. The molecule has 0 radical (unpaired) electrons. The third-order valence-corrected chi connectivity index (χ3v) is 7.31. The number of carbonyl (C=O) groups is 1. The van der Waals surface area contributed by atoms with Gasteiger partial charge in [0.1, 0.15) is 17.2 Å². The highest BCUT2D eigenvalue weighted by Gasteiger charge is 2.59. The van der Waals surface area contributed by atoms with Gasteiger partial charge in [-0.1, -0.05) is 48.9 Å². The predicted octanol–water partition coefficient (Wildman–Crippen LogP) is 6.64. The molecule has 0 spiro atoms. The van der Waals surface area contributed by atoms with E-state index in [2.05, 4.69) is 15.9 Å². The molecule has 3 atom stereocenters. The minimum Gasteiger partial charge on any atom is -0.479 e.